The van der Waals surface area contributed by atoms with Crippen molar-refractivity contribution in [2.75, 3.05) is 5.32 Å². The third-order valence-electron chi connectivity index (χ3n) is 4.06. The molecule has 162 valence electrons. The maximum absolute atomic E-state index is 12.4. The van der Waals surface area contributed by atoms with Gasteiger partial charge in [-0.15, -0.1) is 0 Å². The van der Waals surface area contributed by atoms with Crippen LogP contribution in [0.1, 0.15) is 22.8 Å². The van der Waals surface area contributed by atoms with Crippen LogP contribution in [-0.2, 0) is 4.79 Å². The highest BCUT2D eigenvalue weighted by molar-refractivity contribution is 7.99. The van der Waals surface area contributed by atoms with Gasteiger partial charge < -0.3 is 5.32 Å². The lowest BCUT2D eigenvalue weighted by molar-refractivity contribution is -0.384. The van der Waals surface area contributed by atoms with Crippen LogP contribution in [0.3, 0.4) is 0 Å². The Hall–Kier alpha value is -3.69. The maximum Gasteiger partial charge on any atom is 0.271 e. The summed E-state index contributed by atoms with van der Waals surface area (Å²) >= 11 is 7.30. The molecule has 0 saturated heterocycles. The van der Waals surface area contributed by atoms with Gasteiger partial charge in [0.25, 0.3) is 11.6 Å². The van der Waals surface area contributed by atoms with Gasteiger partial charge in [-0.25, -0.2) is 5.43 Å². The lowest BCUT2D eigenvalue weighted by Gasteiger charge is -2.07. The molecule has 0 spiro atoms. The summed E-state index contributed by atoms with van der Waals surface area (Å²) in [4.78, 5) is 35.9. The quantitative estimate of drug-likeness (QED) is 0.284. The first-order valence-corrected chi connectivity index (χ1v) is 10.4. The van der Waals surface area contributed by atoms with E-state index in [1.165, 1.54) is 43.1 Å². The second kappa shape index (κ2) is 10.6. The standard InChI is InChI=1S/C22H17ClN4O4S/c1-14(28)25-18-4-2-3-15(11-18)22(29)26-24-13-16-12-19(27(30)31)7-10-21(16)32-20-8-5-17(23)6-9-20/h2-13H,1H3,(H,25,28)(H,26,29). The number of nitro benzene ring substituents is 1. The van der Waals surface area contributed by atoms with Gasteiger partial charge in [-0.2, -0.15) is 5.10 Å². The fourth-order valence-electron chi connectivity index (χ4n) is 2.64. The SMILES string of the molecule is CC(=O)Nc1cccc(C(=O)NN=Cc2cc([N+](=O)[O-])ccc2Sc2ccc(Cl)cc2)c1. The summed E-state index contributed by atoms with van der Waals surface area (Å²) in [7, 11) is 0. The molecule has 2 amide bonds. The molecule has 0 aromatic heterocycles. The molecule has 0 radical (unpaired) electrons. The molecular formula is C22H17ClN4O4S. The van der Waals surface area contributed by atoms with Gasteiger partial charge in [-0.3, -0.25) is 19.7 Å². The smallest absolute Gasteiger partial charge is 0.271 e. The molecule has 32 heavy (non-hydrogen) atoms. The predicted molar refractivity (Wildman–Crippen MR) is 124 cm³/mol. The Kier molecular flexibility index (Phi) is 7.58. The summed E-state index contributed by atoms with van der Waals surface area (Å²) in [6.45, 7) is 1.37. The molecule has 0 aliphatic rings. The van der Waals surface area contributed by atoms with Crippen LogP contribution < -0.4 is 10.7 Å². The molecule has 3 aromatic carbocycles. The first kappa shape index (κ1) is 23.0. The summed E-state index contributed by atoms with van der Waals surface area (Å²) in [5.74, 6) is -0.747. The summed E-state index contributed by atoms with van der Waals surface area (Å²) in [5, 5.41) is 18.3. The Labute approximate surface area is 192 Å². The minimum atomic E-state index is -0.500. The maximum atomic E-state index is 12.4. The van der Waals surface area contributed by atoms with Crippen LogP contribution in [0, 0.1) is 10.1 Å². The number of carbonyl (C=O) groups is 2. The van der Waals surface area contributed by atoms with Crippen molar-refractivity contribution < 1.29 is 14.5 Å². The van der Waals surface area contributed by atoms with Crippen molar-refractivity contribution in [3.63, 3.8) is 0 Å². The van der Waals surface area contributed by atoms with Crippen LogP contribution >= 0.6 is 23.4 Å². The van der Waals surface area contributed by atoms with Gasteiger partial charge in [0.15, 0.2) is 0 Å². The molecule has 0 atom stereocenters. The van der Waals surface area contributed by atoms with E-state index in [1.807, 2.05) is 12.1 Å². The van der Waals surface area contributed by atoms with E-state index in [-0.39, 0.29) is 11.6 Å². The van der Waals surface area contributed by atoms with E-state index < -0.39 is 10.8 Å². The zero-order valence-electron chi connectivity index (χ0n) is 16.7. The fourth-order valence-corrected chi connectivity index (χ4v) is 3.66. The number of anilines is 1. The number of amides is 2. The second-order valence-corrected chi connectivity index (χ2v) is 8.05. The monoisotopic (exact) mass is 468 g/mol. The Bertz CT molecular complexity index is 1200. The number of hydrogen-bond donors (Lipinski definition) is 2. The number of carbonyl (C=O) groups excluding carboxylic acids is 2. The van der Waals surface area contributed by atoms with Gasteiger partial charge in [-0.1, -0.05) is 29.4 Å². The summed E-state index contributed by atoms with van der Waals surface area (Å²) in [6.07, 6.45) is 1.35. The third kappa shape index (κ3) is 6.40. The third-order valence-corrected chi connectivity index (χ3v) is 5.41. The van der Waals surface area contributed by atoms with E-state index in [0.29, 0.717) is 26.7 Å². The number of nitrogens with zero attached hydrogens (tertiary/aromatic N) is 2. The van der Waals surface area contributed by atoms with Crippen LogP contribution in [0.5, 0.6) is 0 Å². The van der Waals surface area contributed by atoms with E-state index in [9.17, 15) is 19.7 Å². The van der Waals surface area contributed by atoms with Crippen LogP contribution in [-0.4, -0.2) is 23.0 Å². The van der Waals surface area contributed by atoms with Crippen molar-refractivity contribution in [2.45, 2.75) is 16.7 Å². The van der Waals surface area contributed by atoms with Crippen LogP contribution in [0.15, 0.2) is 81.6 Å². The van der Waals surface area contributed by atoms with Gasteiger partial charge in [0, 0.05) is 50.7 Å². The van der Waals surface area contributed by atoms with E-state index in [4.69, 9.17) is 11.6 Å². The Morgan fingerprint density at radius 3 is 2.53 bits per heavy atom. The van der Waals surface area contributed by atoms with Crippen molar-refractivity contribution in [3.8, 4) is 0 Å². The molecule has 2 N–H and O–H groups in total. The molecule has 0 bridgehead atoms. The summed E-state index contributed by atoms with van der Waals surface area (Å²) in [5.41, 5.74) is 3.54. The topological polar surface area (TPSA) is 114 Å². The van der Waals surface area contributed by atoms with E-state index in [0.717, 1.165) is 4.90 Å². The van der Waals surface area contributed by atoms with Gasteiger partial charge in [0.05, 0.1) is 11.1 Å². The number of nitrogens with one attached hydrogen (secondary N) is 2. The van der Waals surface area contributed by atoms with Crippen LogP contribution in [0.4, 0.5) is 11.4 Å². The molecule has 0 aliphatic heterocycles. The van der Waals surface area contributed by atoms with Crippen LogP contribution in [0.25, 0.3) is 0 Å². The van der Waals surface area contributed by atoms with Crippen molar-refractivity contribution in [3.05, 3.63) is 93.0 Å². The lowest BCUT2D eigenvalue weighted by atomic mass is 10.2. The molecule has 0 fully saturated rings. The number of non-ortho nitro benzene ring substituents is 1. The lowest BCUT2D eigenvalue weighted by Crippen LogP contribution is -2.18. The van der Waals surface area contributed by atoms with E-state index >= 15 is 0 Å². The second-order valence-electron chi connectivity index (χ2n) is 6.50. The number of hydrazone groups is 1. The van der Waals surface area contributed by atoms with Crippen LogP contribution in [0.2, 0.25) is 5.02 Å². The van der Waals surface area contributed by atoms with Gasteiger partial charge >= 0.3 is 0 Å². The average molecular weight is 469 g/mol. The highest BCUT2D eigenvalue weighted by Gasteiger charge is 2.12. The Morgan fingerprint density at radius 1 is 1.09 bits per heavy atom. The largest absolute Gasteiger partial charge is 0.326 e. The first-order chi connectivity index (χ1) is 15.3. The average Bonchev–Trinajstić information content (AvgIpc) is 2.76. The molecule has 0 saturated carbocycles. The van der Waals surface area contributed by atoms with Crippen molar-refractivity contribution >= 4 is 52.8 Å². The number of rotatable bonds is 7. The molecule has 0 aliphatic carbocycles. The summed E-state index contributed by atoms with van der Waals surface area (Å²) < 4.78 is 0. The molecule has 3 rings (SSSR count). The van der Waals surface area contributed by atoms with Gasteiger partial charge in [0.1, 0.15) is 0 Å². The van der Waals surface area contributed by atoms with E-state index in [2.05, 4.69) is 15.8 Å². The fraction of sp³-hybridized carbons (Fsp3) is 0.0455. The summed E-state index contributed by atoms with van der Waals surface area (Å²) in [6, 6.07) is 17.9. The highest BCUT2D eigenvalue weighted by Crippen LogP contribution is 2.32. The number of hydrogen-bond acceptors (Lipinski definition) is 6. The molecule has 8 nitrogen and oxygen atoms in total. The normalized spacial score (nSPS) is 10.7. The van der Waals surface area contributed by atoms with Gasteiger partial charge in [0.2, 0.25) is 5.91 Å². The van der Waals surface area contributed by atoms with E-state index in [1.54, 1.807) is 36.4 Å². The minimum Gasteiger partial charge on any atom is -0.326 e. The Balaban J connectivity index is 1.79. The minimum absolute atomic E-state index is 0.0961. The molecule has 0 heterocycles. The first-order valence-electron chi connectivity index (χ1n) is 9.25. The number of halogens is 1. The molecule has 10 heteroatoms. The number of nitro groups is 1. The van der Waals surface area contributed by atoms with Gasteiger partial charge in [-0.05, 0) is 48.5 Å². The highest BCUT2D eigenvalue weighted by atomic mass is 35.5. The zero-order valence-corrected chi connectivity index (χ0v) is 18.3. The van der Waals surface area contributed by atoms with Crippen molar-refractivity contribution in [1.82, 2.24) is 5.43 Å². The van der Waals surface area contributed by atoms with Crippen molar-refractivity contribution in [1.29, 1.82) is 0 Å². The zero-order chi connectivity index (χ0) is 23.1. The molecule has 3 aromatic rings. The molecular weight excluding hydrogens is 452 g/mol. The number of benzene rings is 3. The predicted octanol–water partition coefficient (Wildman–Crippen LogP) is 5.12. The van der Waals surface area contributed by atoms with Crippen molar-refractivity contribution in [2.24, 2.45) is 5.10 Å². The Morgan fingerprint density at radius 2 is 1.84 bits per heavy atom. The molecule has 0 unspecified atom stereocenters.